The van der Waals surface area contributed by atoms with E-state index < -0.39 is 11.7 Å². The van der Waals surface area contributed by atoms with Crippen molar-refractivity contribution in [2.75, 3.05) is 5.32 Å². The summed E-state index contributed by atoms with van der Waals surface area (Å²) in [5.41, 5.74) is 0.562. The second kappa shape index (κ2) is 7.10. The Morgan fingerprint density at radius 3 is 2.92 bits per heavy atom. The van der Waals surface area contributed by atoms with Gasteiger partial charge in [-0.15, -0.1) is 11.3 Å². The van der Waals surface area contributed by atoms with Gasteiger partial charge in [-0.2, -0.15) is 8.78 Å². The lowest BCUT2D eigenvalue weighted by molar-refractivity contribution is -0.116. The van der Waals surface area contributed by atoms with Gasteiger partial charge in [0, 0.05) is 4.90 Å². The van der Waals surface area contributed by atoms with E-state index in [2.05, 4.69) is 10.3 Å². The van der Waals surface area contributed by atoms with Gasteiger partial charge in [0.25, 0.3) is 11.3 Å². The average molecular weight is 367 g/mol. The summed E-state index contributed by atoms with van der Waals surface area (Å²) in [4.78, 5) is 28.8. The molecule has 9 heteroatoms. The van der Waals surface area contributed by atoms with Gasteiger partial charge in [-0.3, -0.25) is 14.2 Å². The van der Waals surface area contributed by atoms with Crippen LogP contribution in [-0.4, -0.2) is 21.2 Å². The van der Waals surface area contributed by atoms with Crippen LogP contribution in [0.15, 0.2) is 51.7 Å². The lowest BCUT2D eigenvalue weighted by Crippen LogP contribution is -2.27. The van der Waals surface area contributed by atoms with Gasteiger partial charge in [0.05, 0.1) is 17.5 Å². The fourth-order valence-corrected chi connectivity index (χ4v) is 3.49. The summed E-state index contributed by atoms with van der Waals surface area (Å²) in [7, 11) is 0. The highest BCUT2D eigenvalue weighted by atomic mass is 32.2. The van der Waals surface area contributed by atoms with Crippen molar-refractivity contribution in [1.29, 1.82) is 0 Å². The third-order valence-corrected chi connectivity index (χ3v) is 4.81. The van der Waals surface area contributed by atoms with E-state index in [-0.39, 0.29) is 22.7 Å². The molecule has 0 aliphatic rings. The molecule has 0 atom stereocenters. The number of thioether (sulfide) groups is 1. The van der Waals surface area contributed by atoms with E-state index in [1.54, 1.807) is 23.6 Å². The number of thiophene rings is 1. The van der Waals surface area contributed by atoms with Crippen LogP contribution in [0.3, 0.4) is 0 Å². The molecule has 0 spiro atoms. The molecule has 0 radical (unpaired) electrons. The van der Waals surface area contributed by atoms with Crippen molar-refractivity contribution >= 4 is 44.9 Å². The van der Waals surface area contributed by atoms with Crippen molar-refractivity contribution in [2.45, 2.75) is 17.2 Å². The van der Waals surface area contributed by atoms with Crippen LogP contribution in [0.2, 0.25) is 0 Å². The Kier molecular flexibility index (Phi) is 4.91. The largest absolute Gasteiger partial charge is 0.324 e. The second-order valence-electron chi connectivity index (χ2n) is 4.74. The van der Waals surface area contributed by atoms with Gasteiger partial charge < -0.3 is 5.32 Å². The predicted octanol–water partition coefficient (Wildman–Crippen LogP) is 3.41. The zero-order valence-electron chi connectivity index (χ0n) is 12.1. The maximum atomic E-state index is 12.6. The van der Waals surface area contributed by atoms with Gasteiger partial charge in [-0.1, -0.05) is 23.9 Å². The molecule has 2 heterocycles. The third-order valence-electron chi connectivity index (χ3n) is 3.13. The molecule has 3 aromatic rings. The van der Waals surface area contributed by atoms with Crippen LogP contribution in [0.4, 0.5) is 14.5 Å². The number of halogens is 2. The number of nitrogens with zero attached hydrogens (tertiary/aromatic N) is 2. The first kappa shape index (κ1) is 16.6. The molecule has 1 N–H and O–H groups in total. The monoisotopic (exact) mass is 367 g/mol. The molecule has 0 saturated carbocycles. The number of amides is 1. The number of anilines is 1. The fourth-order valence-electron chi connectivity index (χ4n) is 2.10. The third kappa shape index (κ3) is 3.62. The highest BCUT2D eigenvalue weighted by Crippen LogP contribution is 2.31. The molecule has 1 aromatic carbocycles. The first-order valence-electron chi connectivity index (χ1n) is 6.81. The molecule has 0 bridgehead atoms. The maximum absolute atomic E-state index is 12.6. The molecule has 1 amide bonds. The van der Waals surface area contributed by atoms with E-state index >= 15 is 0 Å². The molecule has 0 aliphatic carbocycles. The summed E-state index contributed by atoms with van der Waals surface area (Å²) in [6.07, 6.45) is 1.30. The second-order valence-corrected chi connectivity index (χ2v) is 6.68. The predicted molar refractivity (Wildman–Crippen MR) is 90.8 cm³/mol. The van der Waals surface area contributed by atoms with Crippen LogP contribution < -0.4 is 10.9 Å². The van der Waals surface area contributed by atoms with E-state index in [4.69, 9.17) is 0 Å². The number of benzene rings is 1. The Morgan fingerprint density at radius 2 is 2.12 bits per heavy atom. The number of fused-ring (bicyclic) bond motifs is 1. The van der Waals surface area contributed by atoms with Crippen molar-refractivity contribution in [3.8, 4) is 0 Å². The number of carbonyl (C=O) groups excluding carboxylic acids is 1. The van der Waals surface area contributed by atoms with E-state index in [1.165, 1.54) is 34.4 Å². The highest BCUT2D eigenvalue weighted by Gasteiger charge is 2.13. The van der Waals surface area contributed by atoms with Crippen molar-refractivity contribution in [3.05, 3.63) is 52.4 Å². The summed E-state index contributed by atoms with van der Waals surface area (Å²) in [6, 6.07) is 8.00. The van der Waals surface area contributed by atoms with Gasteiger partial charge >= 0.3 is 0 Å². The fraction of sp³-hybridized carbons (Fsp3) is 0.133. The Labute approximate surface area is 143 Å². The Balaban J connectivity index is 1.78. The zero-order valence-corrected chi connectivity index (χ0v) is 13.7. The molecule has 3 rings (SSSR count). The first-order chi connectivity index (χ1) is 11.5. The van der Waals surface area contributed by atoms with Gasteiger partial charge in [0.15, 0.2) is 0 Å². The van der Waals surface area contributed by atoms with Crippen LogP contribution in [-0.2, 0) is 11.3 Å². The number of carbonyl (C=O) groups is 1. The van der Waals surface area contributed by atoms with Crippen LogP contribution in [0.5, 0.6) is 0 Å². The minimum absolute atomic E-state index is 0.243. The van der Waals surface area contributed by atoms with E-state index in [0.717, 1.165) is 0 Å². The van der Waals surface area contributed by atoms with Gasteiger partial charge in [0.2, 0.25) is 5.91 Å². The smallest absolute Gasteiger partial charge is 0.288 e. The molecule has 0 saturated heterocycles. The SMILES string of the molecule is O=C(Cn1cnc2ccsc2c1=O)Nc1ccccc1SC(F)F. The molecule has 24 heavy (non-hydrogen) atoms. The molecule has 2 aromatic heterocycles. The van der Waals surface area contributed by atoms with Crippen molar-refractivity contribution in [2.24, 2.45) is 0 Å². The summed E-state index contributed by atoms with van der Waals surface area (Å²) in [5, 5.41) is 4.31. The summed E-state index contributed by atoms with van der Waals surface area (Å²) >= 11 is 1.61. The Bertz CT molecular complexity index is 940. The minimum atomic E-state index is -2.59. The number of rotatable bonds is 5. The normalized spacial score (nSPS) is 11.1. The summed E-state index contributed by atoms with van der Waals surface area (Å²) in [5.74, 6) is -3.08. The van der Waals surface area contributed by atoms with Gasteiger partial charge in [0.1, 0.15) is 11.2 Å². The van der Waals surface area contributed by atoms with Gasteiger partial charge in [-0.25, -0.2) is 4.98 Å². The molecule has 124 valence electrons. The lowest BCUT2D eigenvalue weighted by Gasteiger charge is -2.11. The van der Waals surface area contributed by atoms with Crippen molar-refractivity contribution < 1.29 is 13.6 Å². The number of alkyl halides is 2. The molecule has 0 fully saturated rings. The number of aromatic nitrogens is 2. The Morgan fingerprint density at radius 1 is 1.33 bits per heavy atom. The zero-order chi connectivity index (χ0) is 17.1. The molecular formula is C15H11F2N3O2S2. The molecule has 0 unspecified atom stereocenters. The number of nitrogens with one attached hydrogen (secondary N) is 1. The van der Waals surface area contributed by atoms with E-state index in [1.807, 2.05) is 0 Å². The average Bonchev–Trinajstić information content (AvgIpc) is 3.01. The van der Waals surface area contributed by atoms with Crippen molar-refractivity contribution in [3.63, 3.8) is 0 Å². The van der Waals surface area contributed by atoms with E-state index in [9.17, 15) is 18.4 Å². The van der Waals surface area contributed by atoms with Gasteiger partial charge in [-0.05, 0) is 23.6 Å². The molecule has 0 aliphatic heterocycles. The number of para-hydroxylation sites is 1. The number of hydrogen-bond acceptors (Lipinski definition) is 5. The topological polar surface area (TPSA) is 64.0 Å². The van der Waals surface area contributed by atoms with Crippen LogP contribution in [0, 0.1) is 0 Å². The standard InChI is InChI=1S/C15H11F2N3O2S2/c16-15(17)24-11-4-2-1-3-9(11)19-12(21)7-20-8-18-10-5-6-23-13(10)14(20)22/h1-6,8,15H,7H2,(H,19,21). The summed E-state index contributed by atoms with van der Waals surface area (Å²) < 4.78 is 26.8. The minimum Gasteiger partial charge on any atom is -0.324 e. The van der Waals surface area contributed by atoms with Crippen LogP contribution >= 0.6 is 23.1 Å². The molecule has 5 nitrogen and oxygen atoms in total. The molecular weight excluding hydrogens is 356 g/mol. The quantitative estimate of drug-likeness (QED) is 0.702. The lowest BCUT2D eigenvalue weighted by atomic mass is 10.3. The summed E-state index contributed by atoms with van der Waals surface area (Å²) in [6.45, 7) is -0.243. The number of hydrogen-bond donors (Lipinski definition) is 1. The van der Waals surface area contributed by atoms with Crippen LogP contribution in [0.25, 0.3) is 10.2 Å². The Hall–Kier alpha value is -2.26. The first-order valence-corrected chi connectivity index (χ1v) is 8.57. The van der Waals surface area contributed by atoms with Crippen LogP contribution in [0.1, 0.15) is 0 Å². The van der Waals surface area contributed by atoms with Crippen molar-refractivity contribution in [1.82, 2.24) is 9.55 Å². The maximum Gasteiger partial charge on any atom is 0.288 e. The van der Waals surface area contributed by atoms with E-state index in [0.29, 0.717) is 22.0 Å². The highest BCUT2D eigenvalue weighted by molar-refractivity contribution is 7.99.